The molecule has 3 N–H and O–H groups in total. The lowest BCUT2D eigenvalue weighted by Gasteiger charge is -2.02. The minimum Gasteiger partial charge on any atom is -0.394 e. The lowest BCUT2D eigenvalue weighted by molar-refractivity contribution is 1.14. The van der Waals surface area contributed by atoms with Gasteiger partial charge in [-0.2, -0.15) is 0 Å². The van der Waals surface area contributed by atoms with E-state index in [1.165, 1.54) is 11.3 Å². The second-order valence-electron chi connectivity index (χ2n) is 2.97. The minimum absolute atomic E-state index is 0.221. The SMILES string of the molecule is Cc1[nH]c(=O)c(N)cc1-c1cscn1. The van der Waals surface area contributed by atoms with E-state index < -0.39 is 0 Å². The molecule has 0 spiro atoms. The second-order valence-corrected chi connectivity index (χ2v) is 3.68. The molecule has 2 aromatic rings. The Kier molecular flexibility index (Phi) is 2.09. The molecule has 2 heterocycles. The summed E-state index contributed by atoms with van der Waals surface area (Å²) in [4.78, 5) is 18.0. The van der Waals surface area contributed by atoms with Crippen LogP contribution >= 0.6 is 11.3 Å². The quantitative estimate of drug-likeness (QED) is 0.742. The summed E-state index contributed by atoms with van der Waals surface area (Å²) in [7, 11) is 0. The number of nitrogens with one attached hydrogen (secondary N) is 1. The number of pyridine rings is 1. The first-order chi connectivity index (χ1) is 6.68. The standard InChI is InChI=1S/C9H9N3OS/c1-5-6(8-3-14-4-11-8)2-7(10)9(13)12-5/h2-4H,10H2,1H3,(H,12,13). The zero-order valence-corrected chi connectivity index (χ0v) is 8.39. The zero-order valence-electron chi connectivity index (χ0n) is 7.57. The number of thiazole rings is 1. The van der Waals surface area contributed by atoms with Crippen LogP contribution in [-0.4, -0.2) is 9.97 Å². The molecule has 0 saturated carbocycles. The van der Waals surface area contributed by atoms with Gasteiger partial charge >= 0.3 is 0 Å². The highest BCUT2D eigenvalue weighted by Gasteiger charge is 2.06. The number of nitrogens with two attached hydrogens (primary N) is 1. The largest absolute Gasteiger partial charge is 0.394 e. The summed E-state index contributed by atoms with van der Waals surface area (Å²) in [6.45, 7) is 1.83. The average Bonchev–Trinajstić information content (AvgIpc) is 2.64. The molecule has 5 heteroatoms. The molecule has 72 valence electrons. The van der Waals surface area contributed by atoms with Crippen molar-refractivity contribution in [3.05, 3.63) is 33.0 Å². The fourth-order valence-corrected chi connectivity index (χ4v) is 1.80. The van der Waals surface area contributed by atoms with Gasteiger partial charge in [0.15, 0.2) is 0 Å². The third-order valence-electron chi connectivity index (χ3n) is 1.98. The normalized spacial score (nSPS) is 10.4. The minimum atomic E-state index is -0.249. The Morgan fingerprint density at radius 3 is 3.00 bits per heavy atom. The summed E-state index contributed by atoms with van der Waals surface area (Å²) in [6.07, 6.45) is 0. The average molecular weight is 207 g/mol. The van der Waals surface area contributed by atoms with E-state index in [0.29, 0.717) is 0 Å². The van der Waals surface area contributed by atoms with Crippen LogP contribution in [0.25, 0.3) is 11.3 Å². The summed E-state index contributed by atoms with van der Waals surface area (Å²) in [5.74, 6) is 0. The summed E-state index contributed by atoms with van der Waals surface area (Å²) in [5.41, 5.74) is 9.75. The third kappa shape index (κ3) is 1.42. The van der Waals surface area contributed by atoms with Crippen LogP contribution in [0.2, 0.25) is 0 Å². The monoisotopic (exact) mass is 207 g/mol. The Bertz CT molecular complexity index is 501. The van der Waals surface area contributed by atoms with Gasteiger partial charge in [-0.1, -0.05) is 0 Å². The number of aryl methyl sites for hydroxylation is 1. The number of rotatable bonds is 1. The lowest BCUT2D eigenvalue weighted by atomic mass is 10.1. The molecular weight excluding hydrogens is 198 g/mol. The van der Waals surface area contributed by atoms with E-state index in [2.05, 4.69) is 9.97 Å². The van der Waals surface area contributed by atoms with Crippen molar-refractivity contribution in [3.8, 4) is 11.3 Å². The van der Waals surface area contributed by atoms with Crippen LogP contribution in [-0.2, 0) is 0 Å². The number of nitrogens with zero attached hydrogens (tertiary/aromatic N) is 1. The molecule has 0 aliphatic carbocycles. The molecule has 0 saturated heterocycles. The van der Waals surface area contributed by atoms with Crippen LogP contribution in [0.3, 0.4) is 0 Å². The number of H-pyrrole nitrogens is 1. The van der Waals surface area contributed by atoms with Crippen LogP contribution in [0.1, 0.15) is 5.69 Å². The summed E-state index contributed by atoms with van der Waals surface area (Å²) >= 11 is 1.51. The first-order valence-electron chi connectivity index (χ1n) is 4.06. The molecule has 0 aliphatic heterocycles. The first kappa shape index (κ1) is 8.96. The number of nitrogen functional groups attached to an aromatic ring is 1. The maximum absolute atomic E-state index is 11.2. The van der Waals surface area contributed by atoms with Gasteiger partial charge in [0.05, 0.1) is 16.9 Å². The van der Waals surface area contributed by atoms with E-state index in [-0.39, 0.29) is 11.2 Å². The van der Waals surface area contributed by atoms with Crippen molar-refractivity contribution >= 4 is 17.0 Å². The van der Waals surface area contributed by atoms with Crippen LogP contribution in [0.4, 0.5) is 5.69 Å². The van der Waals surface area contributed by atoms with Gasteiger partial charge in [0.1, 0.15) is 0 Å². The Hall–Kier alpha value is -1.62. The van der Waals surface area contributed by atoms with Gasteiger partial charge in [-0.3, -0.25) is 4.79 Å². The lowest BCUT2D eigenvalue weighted by Crippen LogP contribution is -2.13. The topological polar surface area (TPSA) is 71.8 Å². The van der Waals surface area contributed by atoms with Crippen molar-refractivity contribution in [2.24, 2.45) is 0 Å². The van der Waals surface area contributed by atoms with Crippen molar-refractivity contribution < 1.29 is 0 Å². The van der Waals surface area contributed by atoms with E-state index in [1.807, 2.05) is 12.3 Å². The fraction of sp³-hybridized carbons (Fsp3) is 0.111. The highest BCUT2D eigenvalue weighted by atomic mass is 32.1. The van der Waals surface area contributed by atoms with Gasteiger partial charge in [-0.15, -0.1) is 11.3 Å². The number of aromatic nitrogens is 2. The van der Waals surface area contributed by atoms with Crippen molar-refractivity contribution in [2.75, 3.05) is 5.73 Å². The Morgan fingerprint density at radius 2 is 2.36 bits per heavy atom. The maximum Gasteiger partial charge on any atom is 0.271 e. The van der Waals surface area contributed by atoms with Crippen molar-refractivity contribution in [3.63, 3.8) is 0 Å². The van der Waals surface area contributed by atoms with Crippen molar-refractivity contribution in [1.82, 2.24) is 9.97 Å². The zero-order chi connectivity index (χ0) is 10.1. The third-order valence-corrected chi connectivity index (χ3v) is 2.56. The molecule has 2 rings (SSSR count). The van der Waals surface area contributed by atoms with Crippen molar-refractivity contribution in [1.29, 1.82) is 0 Å². The van der Waals surface area contributed by atoms with Gasteiger partial charge in [0, 0.05) is 16.6 Å². The van der Waals surface area contributed by atoms with E-state index in [1.54, 1.807) is 11.6 Å². The number of aromatic amines is 1. The van der Waals surface area contributed by atoms with E-state index in [4.69, 9.17) is 5.73 Å². The van der Waals surface area contributed by atoms with E-state index in [9.17, 15) is 4.79 Å². The number of hydrogen-bond donors (Lipinski definition) is 2. The van der Waals surface area contributed by atoms with Gasteiger partial charge in [-0.25, -0.2) is 4.98 Å². The Morgan fingerprint density at radius 1 is 1.57 bits per heavy atom. The summed E-state index contributed by atoms with van der Waals surface area (Å²) < 4.78 is 0. The molecule has 0 amide bonds. The molecule has 2 aromatic heterocycles. The van der Waals surface area contributed by atoms with Gasteiger partial charge in [0.2, 0.25) is 0 Å². The molecule has 0 unspecified atom stereocenters. The van der Waals surface area contributed by atoms with Gasteiger partial charge in [-0.05, 0) is 13.0 Å². The molecule has 0 aromatic carbocycles. The predicted molar refractivity (Wildman–Crippen MR) is 57.3 cm³/mol. The molecule has 4 nitrogen and oxygen atoms in total. The highest BCUT2D eigenvalue weighted by molar-refractivity contribution is 7.07. The molecule has 0 radical (unpaired) electrons. The highest BCUT2D eigenvalue weighted by Crippen LogP contribution is 2.21. The number of hydrogen-bond acceptors (Lipinski definition) is 4. The first-order valence-corrected chi connectivity index (χ1v) is 5.00. The van der Waals surface area contributed by atoms with Crippen LogP contribution in [0.5, 0.6) is 0 Å². The predicted octanol–water partition coefficient (Wildman–Crippen LogP) is 1.39. The summed E-state index contributed by atoms with van der Waals surface area (Å²) in [5, 5.41) is 1.92. The van der Waals surface area contributed by atoms with Crippen LogP contribution in [0, 0.1) is 6.92 Å². The molecule has 0 bridgehead atoms. The van der Waals surface area contributed by atoms with Gasteiger partial charge < -0.3 is 10.7 Å². The fourth-order valence-electron chi connectivity index (χ4n) is 1.25. The Labute approximate surface area is 84.4 Å². The molecular formula is C9H9N3OS. The van der Waals surface area contributed by atoms with E-state index >= 15 is 0 Å². The molecule has 0 atom stereocenters. The summed E-state index contributed by atoms with van der Waals surface area (Å²) in [6, 6.07) is 1.66. The Balaban J connectivity index is 2.66. The maximum atomic E-state index is 11.2. The molecule has 0 fully saturated rings. The number of anilines is 1. The van der Waals surface area contributed by atoms with Crippen molar-refractivity contribution in [2.45, 2.75) is 6.92 Å². The second kappa shape index (κ2) is 3.26. The van der Waals surface area contributed by atoms with Crippen LogP contribution < -0.4 is 11.3 Å². The molecule has 14 heavy (non-hydrogen) atoms. The smallest absolute Gasteiger partial charge is 0.271 e. The van der Waals surface area contributed by atoms with Gasteiger partial charge in [0.25, 0.3) is 5.56 Å². The molecule has 0 aliphatic rings. The van der Waals surface area contributed by atoms with Crippen LogP contribution in [0.15, 0.2) is 21.8 Å². The van der Waals surface area contributed by atoms with E-state index in [0.717, 1.165) is 17.0 Å².